The van der Waals surface area contributed by atoms with Crippen LogP contribution in [0.25, 0.3) is 0 Å². The molecule has 6 nitrogen and oxygen atoms in total. The number of esters is 1. The van der Waals surface area contributed by atoms with Crippen molar-refractivity contribution in [2.24, 2.45) is 11.8 Å². The van der Waals surface area contributed by atoms with Gasteiger partial charge in [0.05, 0.1) is 12.0 Å². The maximum Gasteiger partial charge on any atom is 0.373 e. The van der Waals surface area contributed by atoms with Gasteiger partial charge >= 0.3 is 5.97 Å². The first-order chi connectivity index (χ1) is 14.4. The standard InChI is InChI=1S/C23H31NO5S/c1-17-9-11-20(12-10-17)30(26,27)24-14-6-13-23(24)16-19(18-7-4-3-5-8-18)15-21(29-23)22(25)28-2/h9-12,15,18-19H,3-8,13-14,16H2,1-2H3/t19-,23+/m0/s1. The van der Waals surface area contributed by atoms with E-state index in [1.807, 2.05) is 25.1 Å². The van der Waals surface area contributed by atoms with Crippen LogP contribution in [0.3, 0.4) is 0 Å². The number of sulfonamides is 1. The second-order valence-electron chi connectivity index (χ2n) is 8.83. The Morgan fingerprint density at radius 2 is 1.83 bits per heavy atom. The van der Waals surface area contributed by atoms with E-state index in [0.29, 0.717) is 31.7 Å². The van der Waals surface area contributed by atoms with Crippen molar-refractivity contribution in [3.63, 3.8) is 0 Å². The van der Waals surface area contributed by atoms with Gasteiger partial charge in [0.15, 0.2) is 5.72 Å². The highest BCUT2D eigenvalue weighted by molar-refractivity contribution is 7.89. The fourth-order valence-electron chi connectivity index (χ4n) is 5.29. The summed E-state index contributed by atoms with van der Waals surface area (Å²) >= 11 is 0. The number of hydrogen-bond acceptors (Lipinski definition) is 5. The maximum atomic E-state index is 13.6. The first-order valence-corrected chi connectivity index (χ1v) is 12.4. The Balaban J connectivity index is 1.70. The van der Waals surface area contributed by atoms with Gasteiger partial charge in [0.2, 0.25) is 15.8 Å². The Labute approximate surface area is 179 Å². The van der Waals surface area contributed by atoms with E-state index in [0.717, 1.165) is 18.4 Å². The van der Waals surface area contributed by atoms with Gasteiger partial charge in [-0.3, -0.25) is 0 Å². The van der Waals surface area contributed by atoms with E-state index in [-0.39, 0.29) is 16.6 Å². The van der Waals surface area contributed by atoms with Gasteiger partial charge in [0.1, 0.15) is 0 Å². The van der Waals surface area contributed by atoms with Gasteiger partial charge in [-0.2, -0.15) is 4.31 Å². The summed E-state index contributed by atoms with van der Waals surface area (Å²) in [7, 11) is -2.41. The molecule has 1 saturated carbocycles. The molecule has 2 aliphatic heterocycles. The summed E-state index contributed by atoms with van der Waals surface area (Å²) in [5.74, 6) is 0.186. The number of benzene rings is 1. The quantitative estimate of drug-likeness (QED) is 0.667. The van der Waals surface area contributed by atoms with Gasteiger partial charge in [-0.05, 0) is 56.2 Å². The molecule has 1 saturated heterocycles. The van der Waals surface area contributed by atoms with Crippen molar-refractivity contribution in [1.82, 2.24) is 4.31 Å². The SMILES string of the molecule is COC(=O)C1=C[C@H](C2CCCCC2)C[C@@]2(CCCN2S(=O)(=O)c2ccc(C)cc2)O1. The highest BCUT2D eigenvalue weighted by Gasteiger charge is 2.54. The predicted octanol–water partition coefficient (Wildman–Crippen LogP) is 4.15. The molecule has 0 unspecified atom stereocenters. The predicted molar refractivity (Wildman–Crippen MR) is 113 cm³/mol. The molecule has 2 fully saturated rings. The molecule has 3 aliphatic rings. The zero-order chi connectivity index (χ0) is 21.4. The monoisotopic (exact) mass is 433 g/mol. The Morgan fingerprint density at radius 3 is 2.50 bits per heavy atom. The van der Waals surface area contributed by atoms with Crippen molar-refractivity contribution < 1.29 is 22.7 Å². The molecule has 30 heavy (non-hydrogen) atoms. The third-order valence-corrected chi connectivity index (χ3v) is 8.82. The van der Waals surface area contributed by atoms with Gasteiger partial charge in [-0.1, -0.05) is 37.0 Å². The van der Waals surface area contributed by atoms with E-state index in [9.17, 15) is 13.2 Å². The van der Waals surface area contributed by atoms with Gasteiger partial charge in [-0.15, -0.1) is 0 Å². The summed E-state index contributed by atoms with van der Waals surface area (Å²) in [5.41, 5.74) is -0.0170. The van der Waals surface area contributed by atoms with Gasteiger partial charge < -0.3 is 9.47 Å². The summed E-state index contributed by atoms with van der Waals surface area (Å²) in [6.45, 7) is 2.32. The zero-order valence-electron chi connectivity index (χ0n) is 17.8. The molecule has 1 aromatic carbocycles. The number of allylic oxidation sites excluding steroid dienone is 1. The minimum atomic E-state index is -3.74. The van der Waals surface area contributed by atoms with Crippen LogP contribution in [0.4, 0.5) is 0 Å². The van der Waals surface area contributed by atoms with Gasteiger partial charge in [-0.25, -0.2) is 13.2 Å². The minimum Gasteiger partial charge on any atom is -0.464 e. The lowest BCUT2D eigenvalue weighted by Gasteiger charge is -2.44. The largest absolute Gasteiger partial charge is 0.464 e. The van der Waals surface area contributed by atoms with Crippen molar-refractivity contribution in [1.29, 1.82) is 0 Å². The van der Waals surface area contributed by atoms with Crippen molar-refractivity contribution in [3.05, 3.63) is 41.7 Å². The molecular formula is C23H31NO5S. The first-order valence-electron chi connectivity index (χ1n) is 10.9. The minimum absolute atomic E-state index is 0.113. The van der Waals surface area contributed by atoms with Crippen molar-refractivity contribution >= 4 is 16.0 Å². The summed E-state index contributed by atoms with van der Waals surface area (Å²) in [4.78, 5) is 12.7. The number of carbonyl (C=O) groups is 1. The third-order valence-electron chi connectivity index (χ3n) is 6.85. The normalized spacial score (nSPS) is 28.2. The van der Waals surface area contributed by atoms with Gasteiger partial charge in [0, 0.05) is 19.4 Å². The van der Waals surface area contributed by atoms with Gasteiger partial charge in [0.25, 0.3) is 0 Å². The number of hydrogen-bond donors (Lipinski definition) is 0. The number of ether oxygens (including phenoxy) is 2. The van der Waals surface area contributed by atoms with Crippen molar-refractivity contribution in [2.75, 3.05) is 13.7 Å². The van der Waals surface area contributed by atoms with Crippen LogP contribution in [0, 0.1) is 18.8 Å². The van der Waals surface area contributed by atoms with Crippen LogP contribution >= 0.6 is 0 Å². The summed E-state index contributed by atoms with van der Waals surface area (Å²) in [6, 6.07) is 6.91. The highest BCUT2D eigenvalue weighted by atomic mass is 32.2. The summed E-state index contributed by atoms with van der Waals surface area (Å²) in [6.07, 6.45) is 9.58. The molecule has 0 N–H and O–H groups in total. The molecule has 164 valence electrons. The molecule has 0 bridgehead atoms. The molecule has 2 atom stereocenters. The lowest BCUT2D eigenvalue weighted by atomic mass is 9.75. The molecule has 7 heteroatoms. The van der Waals surface area contributed by atoms with E-state index in [2.05, 4.69) is 0 Å². The average Bonchev–Trinajstić information content (AvgIpc) is 3.16. The molecule has 1 spiro atoms. The molecule has 1 aliphatic carbocycles. The van der Waals surface area contributed by atoms with E-state index < -0.39 is 21.7 Å². The molecule has 0 amide bonds. The first kappa shape index (κ1) is 21.4. The number of methoxy groups -OCH3 is 1. The topological polar surface area (TPSA) is 72.9 Å². The Kier molecular flexibility index (Phi) is 5.95. The van der Waals surface area contributed by atoms with E-state index >= 15 is 0 Å². The second-order valence-corrected chi connectivity index (χ2v) is 10.7. The fourth-order valence-corrected chi connectivity index (χ4v) is 7.03. The van der Waals surface area contributed by atoms with Crippen LogP contribution in [-0.2, 0) is 24.3 Å². The molecule has 0 radical (unpaired) electrons. The van der Waals surface area contributed by atoms with E-state index in [4.69, 9.17) is 9.47 Å². The lowest BCUT2D eigenvalue weighted by Crippen LogP contribution is -2.52. The maximum absolute atomic E-state index is 13.6. The summed E-state index contributed by atoms with van der Waals surface area (Å²) in [5, 5.41) is 0. The van der Waals surface area contributed by atoms with Crippen LogP contribution in [0.15, 0.2) is 41.0 Å². The van der Waals surface area contributed by atoms with Crippen LogP contribution in [0.2, 0.25) is 0 Å². The molecule has 2 heterocycles. The lowest BCUT2D eigenvalue weighted by molar-refractivity contribution is -0.153. The highest BCUT2D eigenvalue weighted by Crippen LogP contribution is 2.48. The van der Waals surface area contributed by atoms with E-state index in [1.165, 1.54) is 30.7 Å². The van der Waals surface area contributed by atoms with Crippen LogP contribution < -0.4 is 0 Å². The zero-order valence-corrected chi connectivity index (χ0v) is 18.6. The molecule has 4 rings (SSSR count). The van der Waals surface area contributed by atoms with Crippen molar-refractivity contribution in [2.45, 2.75) is 68.9 Å². The van der Waals surface area contributed by atoms with Crippen molar-refractivity contribution in [3.8, 4) is 0 Å². The second kappa shape index (κ2) is 8.35. The third kappa shape index (κ3) is 3.89. The number of rotatable bonds is 4. The van der Waals surface area contributed by atoms with E-state index in [1.54, 1.807) is 12.1 Å². The van der Waals surface area contributed by atoms with Crippen LogP contribution in [0.1, 0.15) is 56.9 Å². The average molecular weight is 434 g/mol. The Hall–Kier alpha value is -1.86. The number of nitrogens with zero attached hydrogens (tertiary/aromatic N) is 1. The van der Waals surface area contributed by atoms with Crippen LogP contribution in [-0.4, -0.2) is 38.1 Å². The smallest absolute Gasteiger partial charge is 0.373 e. The van der Waals surface area contributed by atoms with Crippen LogP contribution in [0.5, 0.6) is 0 Å². The summed E-state index contributed by atoms with van der Waals surface area (Å²) < 4.78 is 39.7. The number of aryl methyl sites for hydroxylation is 1. The molecule has 0 aromatic heterocycles. The molecule has 1 aromatic rings. The molecular weight excluding hydrogens is 402 g/mol. The number of carbonyl (C=O) groups excluding carboxylic acids is 1. The Morgan fingerprint density at radius 1 is 1.13 bits per heavy atom. The Bertz CT molecular complexity index is 917. The fraction of sp³-hybridized carbons (Fsp3) is 0.609.